The second kappa shape index (κ2) is 7.01. The van der Waals surface area contributed by atoms with Crippen molar-refractivity contribution in [1.82, 2.24) is 14.3 Å². The van der Waals surface area contributed by atoms with Gasteiger partial charge in [0, 0.05) is 6.20 Å². The van der Waals surface area contributed by atoms with Crippen LogP contribution in [0.3, 0.4) is 0 Å². The first-order valence-electron chi connectivity index (χ1n) is 6.83. The molecule has 0 aromatic carbocycles. The van der Waals surface area contributed by atoms with Crippen LogP contribution < -0.4 is 22.1 Å². The molecule has 23 heavy (non-hydrogen) atoms. The van der Waals surface area contributed by atoms with Gasteiger partial charge in [-0.2, -0.15) is 9.36 Å². The molecule has 0 fully saturated rings. The molecule has 0 saturated carbocycles. The number of carbonyl (C=O) groups excluding carboxylic acids is 2. The molecule has 0 saturated heterocycles. The van der Waals surface area contributed by atoms with Gasteiger partial charge in [0.15, 0.2) is 0 Å². The molecular formula is C13H17N7O2S. The molecule has 10 heteroatoms. The normalized spacial score (nSPS) is 11.7. The third-order valence-electron chi connectivity index (χ3n) is 2.98. The van der Waals surface area contributed by atoms with Crippen LogP contribution in [0, 0.1) is 6.92 Å². The van der Waals surface area contributed by atoms with E-state index in [2.05, 4.69) is 25.0 Å². The van der Waals surface area contributed by atoms with E-state index in [0.29, 0.717) is 11.4 Å². The molecule has 2 aromatic heterocycles. The van der Waals surface area contributed by atoms with Crippen LogP contribution in [0.15, 0.2) is 12.3 Å². The quantitative estimate of drug-likeness (QED) is 0.583. The van der Waals surface area contributed by atoms with Gasteiger partial charge in [-0.3, -0.25) is 9.59 Å². The van der Waals surface area contributed by atoms with Gasteiger partial charge >= 0.3 is 0 Å². The third kappa shape index (κ3) is 4.13. The summed E-state index contributed by atoms with van der Waals surface area (Å²) in [6, 6.07) is 1.20. The summed E-state index contributed by atoms with van der Waals surface area (Å²) < 4.78 is 4.14. The van der Waals surface area contributed by atoms with Crippen molar-refractivity contribution >= 4 is 40.1 Å². The fourth-order valence-corrected chi connectivity index (χ4v) is 2.46. The minimum atomic E-state index is -0.665. The van der Waals surface area contributed by atoms with Crippen molar-refractivity contribution in [3.63, 3.8) is 0 Å². The molecule has 0 radical (unpaired) electrons. The lowest BCUT2D eigenvalue weighted by atomic mass is 10.2. The minimum absolute atomic E-state index is 0.133. The highest BCUT2D eigenvalue weighted by atomic mass is 32.1. The Bertz CT molecular complexity index is 731. The van der Waals surface area contributed by atoms with Gasteiger partial charge in [-0.15, -0.1) is 0 Å². The van der Waals surface area contributed by atoms with Crippen molar-refractivity contribution in [2.75, 3.05) is 10.6 Å². The largest absolute Gasteiger partial charge is 0.368 e. The molecule has 0 aliphatic heterocycles. The molecule has 2 amide bonds. The van der Waals surface area contributed by atoms with Crippen molar-refractivity contribution in [2.24, 2.45) is 11.5 Å². The van der Waals surface area contributed by atoms with Crippen molar-refractivity contribution in [3.05, 3.63) is 23.5 Å². The van der Waals surface area contributed by atoms with Crippen LogP contribution in [-0.2, 0) is 4.79 Å². The number of rotatable bonds is 7. The molecule has 9 nitrogen and oxygen atoms in total. The molecule has 0 bridgehead atoms. The maximum atomic E-state index is 11.5. The molecule has 2 aromatic rings. The van der Waals surface area contributed by atoms with E-state index >= 15 is 0 Å². The molecule has 2 heterocycles. The number of hydrogen-bond acceptors (Lipinski definition) is 8. The van der Waals surface area contributed by atoms with Crippen molar-refractivity contribution in [3.8, 4) is 0 Å². The maximum absolute atomic E-state index is 11.5. The number of nitrogens with zero attached hydrogens (tertiary/aromatic N) is 3. The third-order valence-corrected chi connectivity index (χ3v) is 3.77. The van der Waals surface area contributed by atoms with Gasteiger partial charge in [-0.1, -0.05) is 6.92 Å². The van der Waals surface area contributed by atoms with E-state index < -0.39 is 17.9 Å². The van der Waals surface area contributed by atoms with Gasteiger partial charge in [0.05, 0.1) is 5.69 Å². The molecule has 0 aliphatic rings. The fraction of sp³-hybridized carbons (Fsp3) is 0.308. The maximum Gasteiger partial charge on any atom is 0.254 e. The predicted molar refractivity (Wildman–Crippen MR) is 87.6 cm³/mol. The Morgan fingerprint density at radius 1 is 1.39 bits per heavy atom. The topological polar surface area (TPSA) is 149 Å². The zero-order valence-corrected chi connectivity index (χ0v) is 13.5. The lowest BCUT2D eigenvalue weighted by Gasteiger charge is -2.14. The van der Waals surface area contributed by atoms with Crippen LogP contribution in [-0.4, -0.2) is 32.2 Å². The first-order valence-corrected chi connectivity index (χ1v) is 7.61. The van der Waals surface area contributed by atoms with Crippen molar-refractivity contribution in [1.29, 1.82) is 0 Å². The minimum Gasteiger partial charge on any atom is -0.368 e. The SMILES string of the molecule is CC[C@@H](Nc1ncc(C(N)=O)c(Nc2cc(C)ns2)n1)C(N)=O. The zero-order chi connectivity index (χ0) is 17.0. The smallest absolute Gasteiger partial charge is 0.254 e. The number of amides is 2. The van der Waals surface area contributed by atoms with Crippen LogP contribution >= 0.6 is 11.5 Å². The average molecular weight is 335 g/mol. The van der Waals surface area contributed by atoms with Gasteiger partial charge in [0.25, 0.3) is 5.91 Å². The number of anilines is 3. The first-order chi connectivity index (χ1) is 10.9. The van der Waals surface area contributed by atoms with E-state index in [1.165, 1.54) is 17.7 Å². The van der Waals surface area contributed by atoms with Crippen LogP contribution in [0.1, 0.15) is 29.4 Å². The van der Waals surface area contributed by atoms with Crippen LogP contribution in [0.4, 0.5) is 16.8 Å². The van der Waals surface area contributed by atoms with E-state index in [9.17, 15) is 9.59 Å². The van der Waals surface area contributed by atoms with E-state index in [-0.39, 0.29) is 17.3 Å². The number of nitrogens with two attached hydrogens (primary N) is 2. The molecule has 0 aliphatic carbocycles. The predicted octanol–water partition coefficient (Wildman–Crippen LogP) is 0.760. The highest BCUT2D eigenvalue weighted by Crippen LogP contribution is 2.23. The Labute approximate surface area is 136 Å². The number of carbonyl (C=O) groups is 2. The number of primary amides is 2. The van der Waals surface area contributed by atoms with Crippen molar-refractivity contribution in [2.45, 2.75) is 26.3 Å². The highest BCUT2D eigenvalue weighted by Gasteiger charge is 2.17. The summed E-state index contributed by atoms with van der Waals surface area (Å²) in [7, 11) is 0. The number of hydrogen-bond donors (Lipinski definition) is 4. The van der Waals surface area contributed by atoms with Gasteiger partial charge in [0.2, 0.25) is 11.9 Å². The Kier molecular flexibility index (Phi) is 5.06. The number of aromatic nitrogens is 3. The summed E-state index contributed by atoms with van der Waals surface area (Å²) in [5, 5.41) is 6.51. The lowest BCUT2D eigenvalue weighted by molar-refractivity contribution is -0.118. The second-order valence-corrected chi connectivity index (χ2v) is 5.59. The summed E-state index contributed by atoms with van der Waals surface area (Å²) in [4.78, 5) is 31.0. The summed E-state index contributed by atoms with van der Waals surface area (Å²) in [5.41, 5.74) is 11.6. The van der Waals surface area contributed by atoms with E-state index in [4.69, 9.17) is 11.5 Å². The number of aryl methyl sites for hydroxylation is 1. The monoisotopic (exact) mass is 335 g/mol. The average Bonchev–Trinajstić information content (AvgIpc) is 2.89. The number of nitrogens with one attached hydrogen (secondary N) is 2. The van der Waals surface area contributed by atoms with Crippen molar-refractivity contribution < 1.29 is 9.59 Å². The summed E-state index contributed by atoms with van der Waals surface area (Å²) in [6.45, 7) is 3.65. The first kappa shape index (κ1) is 16.6. The molecule has 122 valence electrons. The zero-order valence-electron chi connectivity index (χ0n) is 12.7. The summed E-state index contributed by atoms with van der Waals surface area (Å²) in [5.74, 6) is -0.771. The lowest BCUT2D eigenvalue weighted by Crippen LogP contribution is -2.35. The summed E-state index contributed by atoms with van der Waals surface area (Å²) in [6.07, 6.45) is 1.77. The molecule has 1 atom stereocenters. The molecule has 0 unspecified atom stereocenters. The Morgan fingerprint density at radius 3 is 2.65 bits per heavy atom. The Hall–Kier alpha value is -2.75. The van der Waals surface area contributed by atoms with E-state index in [1.54, 1.807) is 6.92 Å². The van der Waals surface area contributed by atoms with E-state index in [0.717, 1.165) is 5.69 Å². The second-order valence-electron chi connectivity index (χ2n) is 4.79. The van der Waals surface area contributed by atoms with Crippen LogP contribution in [0.2, 0.25) is 0 Å². The fourth-order valence-electron chi connectivity index (χ4n) is 1.80. The highest BCUT2D eigenvalue weighted by molar-refractivity contribution is 7.10. The van der Waals surface area contributed by atoms with E-state index in [1.807, 2.05) is 13.0 Å². The van der Waals surface area contributed by atoms with Gasteiger partial charge in [0.1, 0.15) is 22.4 Å². The standard InChI is InChI=1S/C13H17N7O2S/c1-3-8(11(15)22)17-13-16-5-7(10(14)21)12(19-13)18-9-4-6(2)20-23-9/h4-5,8H,3H2,1-2H3,(H2,14,21)(H2,15,22)(H2,16,17,18,19)/t8-/m1/s1. The molecular weight excluding hydrogens is 318 g/mol. The van der Waals surface area contributed by atoms with Gasteiger partial charge in [-0.25, -0.2) is 4.98 Å². The van der Waals surface area contributed by atoms with Gasteiger partial charge < -0.3 is 22.1 Å². The summed E-state index contributed by atoms with van der Waals surface area (Å²) >= 11 is 1.23. The molecule has 0 spiro atoms. The van der Waals surface area contributed by atoms with Crippen LogP contribution in [0.25, 0.3) is 0 Å². The van der Waals surface area contributed by atoms with Crippen LogP contribution in [0.5, 0.6) is 0 Å². The van der Waals surface area contributed by atoms with Gasteiger partial charge in [-0.05, 0) is 30.9 Å². The molecule has 6 N–H and O–H groups in total. The molecule has 2 rings (SSSR count). The Balaban J connectivity index is 2.31. The Morgan fingerprint density at radius 2 is 2.13 bits per heavy atom.